The maximum atomic E-state index is 13.6. The first-order valence-corrected chi connectivity index (χ1v) is 5.56. The topological polar surface area (TPSA) is 78.9 Å². The van der Waals surface area contributed by atoms with Gasteiger partial charge in [-0.3, -0.25) is 5.10 Å². The van der Waals surface area contributed by atoms with Gasteiger partial charge in [0.2, 0.25) is 5.95 Å². The van der Waals surface area contributed by atoms with Gasteiger partial charge in [0.1, 0.15) is 0 Å². The van der Waals surface area contributed by atoms with E-state index >= 15 is 0 Å². The molecule has 0 spiro atoms. The average Bonchev–Trinajstić information content (AvgIpc) is 2.88. The monoisotopic (exact) mass is 247 g/mol. The Morgan fingerprint density at radius 3 is 3.06 bits per heavy atom. The second-order valence-corrected chi connectivity index (χ2v) is 4.32. The van der Waals surface area contributed by atoms with Crippen LogP contribution < -0.4 is 0 Å². The molecule has 0 radical (unpaired) electrons. The Morgan fingerprint density at radius 1 is 1.50 bits per heavy atom. The van der Waals surface area contributed by atoms with Crippen LogP contribution >= 0.6 is 0 Å². The summed E-state index contributed by atoms with van der Waals surface area (Å²) < 4.78 is 13.6. The Bertz CT molecular complexity index is 624. The highest BCUT2D eigenvalue weighted by atomic mass is 19.1. The minimum absolute atomic E-state index is 0.0387. The highest BCUT2D eigenvalue weighted by Crippen LogP contribution is 2.35. The number of carboxylic acid groups (broad SMARTS) is 1. The fourth-order valence-corrected chi connectivity index (χ4v) is 2.45. The molecule has 0 aromatic carbocycles. The number of H-pyrrole nitrogens is 1. The second-order valence-electron chi connectivity index (χ2n) is 4.32. The van der Waals surface area contributed by atoms with E-state index in [1.54, 1.807) is 12.1 Å². The lowest BCUT2D eigenvalue weighted by atomic mass is 9.97. The van der Waals surface area contributed by atoms with Gasteiger partial charge in [-0.2, -0.15) is 9.49 Å². The van der Waals surface area contributed by atoms with Gasteiger partial charge in [-0.25, -0.2) is 9.78 Å². The third-order valence-electron chi connectivity index (χ3n) is 3.28. The molecule has 0 amide bonds. The van der Waals surface area contributed by atoms with Crippen LogP contribution in [0.3, 0.4) is 0 Å². The Kier molecular flexibility index (Phi) is 2.36. The molecule has 0 saturated heterocycles. The highest BCUT2D eigenvalue weighted by Gasteiger charge is 2.31. The molecular formula is C12H10FN3O2. The number of carboxylic acids is 1. The van der Waals surface area contributed by atoms with Crippen molar-refractivity contribution >= 4 is 5.97 Å². The zero-order valence-electron chi connectivity index (χ0n) is 9.35. The summed E-state index contributed by atoms with van der Waals surface area (Å²) in [6.45, 7) is 0. The zero-order valence-corrected chi connectivity index (χ0v) is 9.35. The molecule has 92 valence electrons. The molecule has 1 atom stereocenters. The van der Waals surface area contributed by atoms with Gasteiger partial charge in [-0.1, -0.05) is 6.07 Å². The SMILES string of the molecule is O=C(O)c1n[nH]c2c1CC(c1cccnc1F)C2. The van der Waals surface area contributed by atoms with Gasteiger partial charge >= 0.3 is 5.97 Å². The van der Waals surface area contributed by atoms with E-state index in [-0.39, 0.29) is 11.6 Å². The molecule has 1 aliphatic carbocycles. The Morgan fingerprint density at radius 2 is 2.33 bits per heavy atom. The number of hydrogen-bond acceptors (Lipinski definition) is 3. The first-order chi connectivity index (χ1) is 8.66. The van der Waals surface area contributed by atoms with Gasteiger partial charge in [0.25, 0.3) is 0 Å². The third-order valence-corrected chi connectivity index (χ3v) is 3.28. The molecule has 6 heteroatoms. The van der Waals surface area contributed by atoms with Crippen molar-refractivity contribution in [2.24, 2.45) is 0 Å². The lowest BCUT2D eigenvalue weighted by molar-refractivity contribution is 0.0689. The molecular weight excluding hydrogens is 237 g/mol. The number of aromatic nitrogens is 3. The van der Waals surface area contributed by atoms with Crippen molar-refractivity contribution < 1.29 is 14.3 Å². The van der Waals surface area contributed by atoms with Gasteiger partial charge in [-0.05, 0) is 24.8 Å². The zero-order chi connectivity index (χ0) is 12.7. The van der Waals surface area contributed by atoms with E-state index in [2.05, 4.69) is 15.2 Å². The normalized spacial score (nSPS) is 17.7. The summed E-state index contributed by atoms with van der Waals surface area (Å²) in [5.41, 5.74) is 2.02. The lowest BCUT2D eigenvalue weighted by Crippen LogP contribution is -2.06. The fourth-order valence-electron chi connectivity index (χ4n) is 2.45. The number of pyridine rings is 1. The van der Waals surface area contributed by atoms with E-state index in [1.165, 1.54) is 6.20 Å². The van der Waals surface area contributed by atoms with Gasteiger partial charge in [0.05, 0.1) is 0 Å². The maximum Gasteiger partial charge on any atom is 0.356 e. The molecule has 0 bridgehead atoms. The minimum Gasteiger partial charge on any atom is -0.476 e. The summed E-state index contributed by atoms with van der Waals surface area (Å²) in [6.07, 6.45) is 2.45. The Hall–Kier alpha value is -2.24. The van der Waals surface area contributed by atoms with Crippen molar-refractivity contribution in [3.05, 3.63) is 46.8 Å². The first kappa shape index (κ1) is 10.9. The van der Waals surface area contributed by atoms with E-state index < -0.39 is 11.9 Å². The van der Waals surface area contributed by atoms with E-state index in [4.69, 9.17) is 5.11 Å². The molecule has 5 nitrogen and oxygen atoms in total. The lowest BCUT2D eigenvalue weighted by Gasteiger charge is -2.09. The van der Waals surface area contributed by atoms with Gasteiger partial charge in [-0.15, -0.1) is 0 Å². The van der Waals surface area contributed by atoms with Crippen LogP contribution in [-0.4, -0.2) is 26.3 Å². The predicted octanol–water partition coefficient (Wildman–Crippen LogP) is 1.52. The van der Waals surface area contributed by atoms with Crippen LogP contribution in [-0.2, 0) is 12.8 Å². The predicted molar refractivity (Wildman–Crippen MR) is 59.9 cm³/mol. The van der Waals surface area contributed by atoms with Crippen LogP contribution in [0.4, 0.5) is 4.39 Å². The van der Waals surface area contributed by atoms with Crippen molar-refractivity contribution in [1.82, 2.24) is 15.2 Å². The molecule has 3 rings (SSSR count). The molecule has 0 aliphatic heterocycles. The van der Waals surface area contributed by atoms with Gasteiger partial charge in [0, 0.05) is 23.0 Å². The maximum absolute atomic E-state index is 13.6. The minimum atomic E-state index is -1.06. The number of aromatic amines is 1. The summed E-state index contributed by atoms with van der Waals surface area (Å²) in [5.74, 6) is -1.61. The number of carbonyl (C=O) groups is 1. The van der Waals surface area contributed by atoms with Crippen LogP contribution in [0.15, 0.2) is 18.3 Å². The fraction of sp³-hybridized carbons (Fsp3) is 0.250. The molecule has 2 heterocycles. The number of nitrogens with zero attached hydrogens (tertiary/aromatic N) is 2. The summed E-state index contributed by atoms with van der Waals surface area (Å²) in [5, 5.41) is 15.4. The molecule has 0 fully saturated rings. The van der Waals surface area contributed by atoms with Crippen LogP contribution in [0.2, 0.25) is 0 Å². The van der Waals surface area contributed by atoms with E-state index in [9.17, 15) is 9.18 Å². The van der Waals surface area contributed by atoms with Crippen LogP contribution in [0.5, 0.6) is 0 Å². The molecule has 2 aromatic heterocycles. The number of fused-ring (bicyclic) bond motifs is 1. The standard InChI is InChI=1S/C12H10FN3O2/c13-11-7(2-1-3-14-11)6-4-8-9(5-6)15-16-10(8)12(17)18/h1-3,6H,4-5H2,(H,15,16)(H,17,18). The average molecular weight is 247 g/mol. The molecule has 1 unspecified atom stereocenters. The summed E-state index contributed by atoms with van der Waals surface area (Å²) in [4.78, 5) is 14.6. The number of halogens is 1. The molecule has 18 heavy (non-hydrogen) atoms. The summed E-state index contributed by atoms with van der Waals surface area (Å²) in [6, 6.07) is 3.37. The third kappa shape index (κ3) is 1.57. The molecule has 1 aliphatic rings. The number of rotatable bonds is 2. The van der Waals surface area contributed by atoms with Crippen molar-refractivity contribution in [1.29, 1.82) is 0 Å². The molecule has 2 N–H and O–H groups in total. The van der Waals surface area contributed by atoms with Crippen molar-refractivity contribution in [2.75, 3.05) is 0 Å². The largest absolute Gasteiger partial charge is 0.476 e. The Labute approximate surface area is 102 Å². The second kappa shape index (κ2) is 3.90. The van der Waals surface area contributed by atoms with E-state index in [1.807, 2.05) is 0 Å². The van der Waals surface area contributed by atoms with Crippen molar-refractivity contribution in [3.63, 3.8) is 0 Å². The van der Waals surface area contributed by atoms with E-state index in [0.717, 1.165) is 5.69 Å². The summed E-state index contributed by atoms with van der Waals surface area (Å²) in [7, 11) is 0. The van der Waals surface area contributed by atoms with Gasteiger partial charge in [0.15, 0.2) is 5.69 Å². The Balaban J connectivity index is 1.94. The first-order valence-electron chi connectivity index (χ1n) is 5.56. The van der Waals surface area contributed by atoms with Crippen LogP contribution in [0.25, 0.3) is 0 Å². The number of aromatic carboxylic acids is 1. The van der Waals surface area contributed by atoms with Crippen LogP contribution in [0.1, 0.15) is 33.2 Å². The molecule has 2 aromatic rings. The smallest absolute Gasteiger partial charge is 0.356 e. The summed E-state index contributed by atoms with van der Waals surface area (Å²) >= 11 is 0. The van der Waals surface area contributed by atoms with Crippen LogP contribution in [0, 0.1) is 5.95 Å². The number of nitrogens with one attached hydrogen (secondary N) is 1. The van der Waals surface area contributed by atoms with Crippen molar-refractivity contribution in [3.8, 4) is 0 Å². The highest BCUT2D eigenvalue weighted by molar-refractivity contribution is 5.87. The quantitative estimate of drug-likeness (QED) is 0.789. The molecule has 0 saturated carbocycles. The van der Waals surface area contributed by atoms with E-state index in [0.29, 0.717) is 24.0 Å². The van der Waals surface area contributed by atoms with Crippen molar-refractivity contribution in [2.45, 2.75) is 18.8 Å². The van der Waals surface area contributed by atoms with Gasteiger partial charge < -0.3 is 5.11 Å². The number of hydrogen-bond donors (Lipinski definition) is 2.